The van der Waals surface area contributed by atoms with Gasteiger partial charge >= 0.3 is 5.97 Å². The highest BCUT2D eigenvalue weighted by Gasteiger charge is 2.67. The lowest BCUT2D eigenvalue weighted by Crippen LogP contribution is -2.06. The van der Waals surface area contributed by atoms with Gasteiger partial charge in [0.25, 0.3) is 0 Å². The molecule has 0 spiro atoms. The number of rotatable bonds is 2. The summed E-state index contributed by atoms with van der Waals surface area (Å²) in [5, 5.41) is 15.9. The Labute approximate surface area is 93.1 Å². The van der Waals surface area contributed by atoms with E-state index in [2.05, 4.69) is 17.1 Å². The molecule has 3 atom stereocenters. The van der Waals surface area contributed by atoms with Crippen molar-refractivity contribution in [2.75, 3.05) is 0 Å². The molecule has 2 N–H and O–H groups in total. The van der Waals surface area contributed by atoms with E-state index >= 15 is 0 Å². The van der Waals surface area contributed by atoms with Gasteiger partial charge in [-0.25, -0.2) is 4.79 Å². The van der Waals surface area contributed by atoms with E-state index in [9.17, 15) is 4.79 Å². The Kier molecular flexibility index (Phi) is 1.28. The lowest BCUT2D eigenvalue weighted by Gasteiger charge is -2.09. The second-order valence-corrected chi connectivity index (χ2v) is 5.84. The van der Waals surface area contributed by atoms with Crippen LogP contribution < -0.4 is 0 Å². The molecule has 0 bridgehead atoms. The number of carbonyl (C=O) groups is 1. The zero-order valence-electron chi connectivity index (χ0n) is 9.16. The Morgan fingerprint density at radius 3 is 2.94 bits per heavy atom. The van der Waals surface area contributed by atoms with E-state index < -0.39 is 5.97 Å². The van der Waals surface area contributed by atoms with Gasteiger partial charge in [0.1, 0.15) is 0 Å². The van der Waals surface area contributed by atoms with Gasteiger partial charge in [0.05, 0.1) is 0 Å². The molecule has 0 aromatic carbocycles. The van der Waals surface area contributed by atoms with Crippen LogP contribution >= 0.6 is 0 Å². The van der Waals surface area contributed by atoms with Crippen LogP contribution in [0.15, 0.2) is 0 Å². The molecule has 3 aliphatic carbocycles. The highest BCUT2D eigenvalue weighted by atomic mass is 16.4. The predicted octanol–water partition coefficient (Wildman–Crippen LogP) is 1.79. The van der Waals surface area contributed by atoms with Crippen molar-refractivity contribution in [2.24, 2.45) is 17.3 Å². The number of H-pyrrole nitrogens is 1. The molecule has 4 nitrogen and oxygen atoms in total. The monoisotopic (exact) mass is 218 g/mol. The van der Waals surface area contributed by atoms with Crippen molar-refractivity contribution in [1.29, 1.82) is 0 Å². The van der Waals surface area contributed by atoms with Crippen molar-refractivity contribution in [3.63, 3.8) is 0 Å². The van der Waals surface area contributed by atoms with Crippen molar-refractivity contribution < 1.29 is 9.90 Å². The minimum absolute atomic E-state index is 0.252. The zero-order valence-corrected chi connectivity index (χ0v) is 9.16. The minimum Gasteiger partial charge on any atom is -0.476 e. The molecule has 0 aliphatic heterocycles. The first-order valence-electron chi connectivity index (χ1n) is 5.92. The van der Waals surface area contributed by atoms with Gasteiger partial charge in [-0.2, -0.15) is 5.10 Å². The van der Waals surface area contributed by atoms with Crippen LogP contribution in [-0.4, -0.2) is 21.3 Å². The lowest BCUT2D eigenvalue weighted by atomic mass is 9.95. The average Bonchev–Trinajstić information content (AvgIpc) is 3.03. The number of fused-ring (bicyclic) bond motifs is 3. The second kappa shape index (κ2) is 2.34. The fraction of sp³-hybridized carbons (Fsp3) is 0.667. The fourth-order valence-corrected chi connectivity index (χ4v) is 3.78. The average molecular weight is 218 g/mol. The number of aromatic carboxylic acids is 1. The van der Waals surface area contributed by atoms with Crippen molar-refractivity contribution in [3.8, 4) is 0 Å². The van der Waals surface area contributed by atoms with Gasteiger partial charge in [0.15, 0.2) is 5.69 Å². The van der Waals surface area contributed by atoms with E-state index in [-0.39, 0.29) is 5.69 Å². The molecular weight excluding hydrogens is 204 g/mol. The summed E-state index contributed by atoms with van der Waals surface area (Å²) in [7, 11) is 0. The summed E-state index contributed by atoms with van der Waals surface area (Å²) in [5.41, 5.74) is 2.91. The van der Waals surface area contributed by atoms with Gasteiger partial charge in [-0.1, -0.05) is 6.92 Å². The summed E-state index contributed by atoms with van der Waals surface area (Å²) in [4.78, 5) is 11.0. The Morgan fingerprint density at radius 1 is 1.56 bits per heavy atom. The first kappa shape index (κ1) is 8.79. The lowest BCUT2D eigenvalue weighted by molar-refractivity contribution is 0.0689. The van der Waals surface area contributed by atoms with E-state index in [0.717, 1.165) is 23.6 Å². The molecule has 0 saturated heterocycles. The smallest absolute Gasteiger partial charge is 0.356 e. The molecule has 84 valence electrons. The molecule has 0 radical (unpaired) electrons. The Hall–Kier alpha value is -1.32. The van der Waals surface area contributed by atoms with Crippen LogP contribution in [0.1, 0.15) is 47.4 Å². The summed E-state index contributed by atoms with van der Waals surface area (Å²) in [5.74, 6) is 1.19. The fourth-order valence-electron chi connectivity index (χ4n) is 3.78. The first-order chi connectivity index (χ1) is 7.62. The molecule has 0 unspecified atom stereocenters. The van der Waals surface area contributed by atoms with Gasteiger partial charge in [0.2, 0.25) is 0 Å². The molecule has 1 heterocycles. The van der Waals surface area contributed by atoms with E-state index in [1.807, 2.05) is 0 Å². The second-order valence-electron chi connectivity index (χ2n) is 5.84. The maximum absolute atomic E-state index is 11.0. The molecular formula is C12H14N2O2. The Morgan fingerprint density at radius 2 is 2.31 bits per heavy atom. The summed E-state index contributed by atoms with van der Waals surface area (Å²) in [6.45, 7) is 2.37. The molecule has 4 rings (SSSR count). The molecule has 16 heavy (non-hydrogen) atoms. The van der Waals surface area contributed by atoms with Crippen LogP contribution in [-0.2, 0) is 6.42 Å². The Bertz CT molecular complexity index is 501. The standard InChI is InChI=1S/C12H14N2O2/c1-12(2-3-12)8-5-4-6-9(7(5)8)13-14-10(6)11(15)16/h5,7-8H,2-4H2,1H3,(H,13,14)(H,15,16)/t5-,7+,8-/m1/s1. The first-order valence-corrected chi connectivity index (χ1v) is 5.92. The molecule has 1 aromatic rings. The summed E-state index contributed by atoms with van der Waals surface area (Å²) in [6, 6.07) is 0. The number of hydrogen-bond donors (Lipinski definition) is 2. The van der Waals surface area contributed by atoms with Crippen molar-refractivity contribution in [3.05, 3.63) is 17.0 Å². The molecule has 3 aliphatic rings. The Balaban J connectivity index is 1.70. The highest BCUT2D eigenvalue weighted by Crippen LogP contribution is 2.73. The van der Waals surface area contributed by atoms with E-state index in [1.54, 1.807) is 0 Å². The third kappa shape index (κ3) is 0.867. The van der Waals surface area contributed by atoms with Crippen LogP contribution in [0, 0.1) is 17.3 Å². The molecule has 2 saturated carbocycles. The van der Waals surface area contributed by atoms with Crippen LogP contribution in [0.3, 0.4) is 0 Å². The van der Waals surface area contributed by atoms with Gasteiger partial charge in [0, 0.05) is 17.2 Å². The normalized spacial score (nSPS) is 36.7. The van der Waals surface area contributed by atoms with E-state index in [4.69, 9.17) is 5.11 Å². The minimum atomic E-state index is -0.895. The van der Waals surface area contributed by atoms with Crippen molar-refractivity contribution in [1.82, 2.24) is 10.2 Å². The third-order valence-corrected chi connectivity index (χ3v) is 4.89. The highest BCUT2D eigenvalue weighted by molar-refractivity contribution is 5.88. The number of carboxylic acids is 1. The number of aromatic amines is 1. The summed E-state index contributed by atoms with van der Waals surface area (Å²) >= 11 is 0. The number of carboxylic acid groups (broad SMARTS) is 1. The number of aromatic nitrogens is 2. The molecule has 1 aromatic heterocycles. The number of hydrogen-bond acceptors (Lipinski definition) is 2. The predicted molar refractivity (Wildman–Crippen MR) is 56.3 cm³/mol. The van der Waals surface area contributed by atoms with Crippen molar-refractivity contribution >= 4 is 5.97 Å². The zero-order chi connectivity index (χ0) is 11.1. The largest absolute Gasteiger partial charge is 0.476 e. The number of nitrogens with one attached hydrogen (secondary N) is 1. The van der Waals surface area contributed by atoms with E-state index in [0.29, 0.717) is 17.3 Å². The van der Waals surface area contributed by atoms with Crippen LogP contribution in [0.2, 0.25) is 0 Å². The molecule has 0 amide bonds. The molecule has 4 heteroatoms. The van der Waals surface area contributed by atoms with E-state index in [1.165, 1.54) is 12.8 Å². The quantitative estimate of drug-likeness (QED) is 0.795. The van der Waals surface area contributed by atoms with Crippen LogP contribution in [0.25, 0.3) is 0 Å². The third-order valence-electron chi connectivity index (χ3n) is 4.89. The van der Waals surface area contributed by atoms with Gasteiger partial charge in [-0.15, -0.1) is 0 Å². The van der Waals surface area contributed by atoms with Gasteiger partial charge in [-0.05, 0) is 36.5 Å². The summed E-state index contributed by atoms with van der Waals surface area (Å²) < 4.78 is 0. The van der Waals surface area contributed by atoms with Gasteiger partial charge in [-0.3, -0.25) is 5.10 Å². The van der Waals surface area contributed by atoms with Gasteiger partial charge < -0.3 is 5.11 Å². The SMILES string of the molecule is CC1([C@@H]2[C@@H]3Cc4c(C(=O)O)n[nH]c4[C@@H]32)CC1. The maximum Gasteiger partial charge on any atom is 0.356 e. The van der Waals surface area contributed by atoms with Crippen LogP contribution in [0.5, 0.6) is 0 Å². The molecule has 2 fully saturated rings. The maximum atomic E-state index is 11.0. The van der Waals surface area contributed by atoms with Crippen molar-refractivity contribution in [2.45, 2.75) is 32.1 Å². The van der Waals surface area contributed by atoms with Crippen LogP contribution in [0.4, 0.5) is 0 Å². The summed E-state index contributed by atoms with van der Waals surface area (Å²) in [6.07, 6.45) is 3.62. The number of nitrogens with zero attached hydrogens (tertiary/aromatic N) is 1. The topological polar surface area (TPSA) is 66.0 Å².